The molecule has 21 heavy (non-hydrogen) atoms. The van der Waals surface area contributed by atoms with Gasteiger partial charge < -0.3 is 9.84 Å². The Hall–Kier alpha value is -1.92. The fourth-order valence-corrected chi connectivity index (χ4v) is 2.32. The Morgan fingerprint density at radius 2 is 2.05 bits per heavy atom. The molecule has 2 aromatic carbocycles. The summed E-state index contributed by atoms with van der Waals surface area (Å²) in [7, 11) is 0. The highest BCUT2D eigenvalue weighted by Gasteiger charge is 2.13. The number of nitro benzene ring substituents is 1. The predicted octanol–water partition coefficient (Wildman–Crippen LogP) is 3.74. The second-order valence-electron chi connectivity index (χ2n) is 4.52. The maximum Gasteiger partial charge on any atom is 0.272 e. The van der Waals surface area contributed by atoms with E-state index in [-0.39, 0.29) is 18.9 Å². The number of hydrogen-bond acceptors (Lipinski definition) is 4. The summed E-state index contributed by atoms with van der Waals surface area (Å²) in [6.07, 6.45) is 0. The molecular formula is C15H14BrNO4. The van der Waals surface area contributed by atoms with E-state index in [9.17, 15) is 15.2 Å². The number of aliphatic hydroxyl groups is 1. The molecule has 2 rings (SSSR count). The van der Waals surface area contributed by atoms with Crippen LogP contribution in [0.3, 0.4) is 0 Å². The van der Waals surface area contributed by atoms with Crippen LogP contribution in [0.15, 0.2) is 40.9 Å². The number of nitro groups is 1. The van der Waals surface area contributed by atoms with Crippen LogP contribution < -0.4 is 4.74 Å². The summed E-state index contributed by atoms with van der Waals surface area (Å²) in [4.78, 5) is 10.5. The van der Waals surface area contributed by atoms with Crippen LogP contribution in [-0.2, 0) is 13.2 Å². The number of aliphatic hydroxyl groups excluding tert-OH is 1. The quantitative estimate of drug-likeness (QED) is 0.657. The Morgan fingerprint density at radius 3 is 2.71 bits per heavy atom. The van der Waals surface area contributed by atoms with Gasteiger partial charge in [0.15, 0.2) is 0 Å². The molecule has 0 amide bonds. The molecule has 110 valence electrons. The van der Waals surface area contributed by atoms with Crippen molar-refractivity contribution in [3.8, 4) is 5.75 Å². The maximum absolute atomic E-state index is 10.9. The van der Waals surface area contributed by atoms with E-state index in [2.05, 4.69) is 15.9 Å². The van der Waals surface area contributed by atoms with Crippen molar-refractivity contribution in [3.05, 3.63) is 67.7 Å². The summed E-state index contributed by atoms with van der Waals surface area (Å²) in [5.41, 5.74) is 2.17. The van der Waals surface area contributed by atoms with Crippen LogP contribution in [0.5, 0.6) is 5.75 Å². The third-order valence-corrected chi connectivity index (χ3v) is 3.97. The van der Waals surface area contributed by atoms with E-state index in [0.29, 0.717) is 11.3 Å². The van der Waals surface area contributed by atoms with Crippen LogP contribution in [0.2, 0.25) is 0 Å². The molecule has 2 aromatic rings. The zero-order chi connectivity index (χ0) is 15.4. The highest BCUT2D eigenvalue weighted by molar-refractivity contribution is 9.10. The van der Waals surface area contributed by atoms with Gasteiger partial charge in [-0.15, -0.1) is 0 Å². The van der Waals surface area contributed by atoms with E-state index in [1.54, 1.807) is 37.3 Å². The van der Waals surface area contributed by atoms with E-state index in [1.807, 2.05) is 0 Å². The number of nitrogens with zero attached hydrogens (tertiary/aromatic N) is 1. The van der Waals surface area contributed by atoms with Crippen LogP contribution in [0.25, 0.3) is 0 Å². The molecule has 5 nitrogen and oxygen atoms in total. The molecule has 1 N–H and O–H groups in total. The lowest BCUT2D eigenvalue weighted by molar-refractivity contribution is -0.385. The van der Waals surface area contributed by atoms with Crippen molar-refractivity contribution in [2.75, 3.05) is 0 Å². The SMILES string of the molecule is Cc1c(COc2ccc(Br)c(CO)c2)cccc1[N+](=O)[O-]. The van der Waals surface area contributed by atoms with E-state index >= 15 is 0 Å². The van der Waals surface area contributed by atoms with Gasteiger partial charge in [0.2, 0.25) is 0 Å². The van der Waals surface area contributed by atoms with E-state index in [0.717, 1.165) is 15.6 Å². The second kappa shape index (κ2) is 6.69. The second-order valence-corrected chi connectivity index (χ2v) is 5.37. The minimum Gasteiger partial charge on any atom is -0.489 e. The van der Waals surface area contributed by atoms with Crippen molar-refractivity contribution in [3.63, 3.8) is 0 Å². The van der Waals surface area contributed by atoms with Gasteiger partial charge in [0.25, 0.3) is 5.69 Å². The lowest BCUT2D eigenvalue weighted by Gasteiger charge is -2.10. The van der Waals surface area contributed by atoms with Crippen molar-refractivity contribution >= 4 is 21.6 Å². The third-order valence-electron chi connectivity index (χ3n) is 3.20. The number of halogens is 1. The molecular weight excluding hydrogens is 338 g/mol. The van der Waals surface area contributed by atoms with Gasteiger partial charge in [-0.05, 0) is 36.2 Å². The molecule has 0 atom stereocenters. The average Bonchev–Trinajstić information content (AvgIpc) is 2.47. The molecule has 0 aromatic heterocycles. The van der Waals surface area contributed by atoms with Crippen molar-refractivity contribution in [1.29, 1.82) is 0 Å². The van der Waals surface area contributed by atoms with Crippen molar-refractivity contribution < 1.29 is 14.8 Å². The minimum absolute atomic E-state index is 0.0861. The molecule has 0 radical (unpaired) electrons. The third kappa shape index (κ3) is 3.59. The van der Waals surface area contributed by atoms with E-state index < -0.39 is 4.92 Å². The molecule has 0 aliphatic carbocycles. The van der Waals surface area contributed by atoms with Crippen molar-refractivity contribution in [2.45, 2.75) is 20.1 Å². The number of hydrogen-bond donors (Lipinski definition) is 1. The summed E-state index contributed by atoms with van der Waals surface area (Å²) >= 11 is 3.33. The zero-order valence-electron chi connectivity index (χ0n) is 11.4. The first-order valence-electron chi connectivity index (χ1n) is 6.28. The van der Waals surface area contributed by atoms with Crippen LogP contribution in [0, 0.1) is 17.0 Å². The fraction of sp³-hybridized carbons (Fsp3) is 0.200. The van der Waals surface area contributed by atoms with Gasteiger partial charge in [0.05, 0.1) is 11.5 Å². The molecule has 0 aliphatic rings. The molecule has 0 unspecified atom stereocenters. The number of benzene rings is 2. The van der Waals surface area contributed by atoms with Crippen molar-refractivity contribution in [1.82, 2.24) is 0 Å². The van der Waals surface area contributed by atoms with E-state index in [4.69, 9.17) is 4.74 Å². The summed E-state index contributed by atoms with van der Waals surface area (Å²) in [5, 5.41) is 20.1. The maximum atomic E-state index is 10.9. The lowest BCUT2D eigenvalue weighted by Crippen LogP contribution is -2.01. The van der Waals surface area contributed by atoms with Gasteiger partial charge in [-0.3, -0.25) is 10.1 Å². The van der Waals surface area contributed by atoms with Gasteiger partial charge >= 0.3 is 0 Å². The Balaban J connectivity index is 2.17. The average molecular weight is 352 g/mol. The van der Waals surface area contributed by atoms with Crippen LogP contribution in [-0.4, -0.2) is 10.0 Å². The van der Waals surface area contributed by atoms with Crippen LogP contribution >= 0.6 is 15.9 Å². The van der Waals surface area contributed by atoms with Gasteiger partial charge in [-0.25, -0.2) is 0 Å². The molecule has 0 spiro atoms. The Labute approximate surface area is 130 Å². The molecule has 0 saturated carbocycles. The number of rotatable bonds is 5. The molecule has 6 heteroatoms. The topological polar surface area (TPSA) is 72.6 Å². The smallest absolute Gasteiger partial charge is 0.272 e. The first-order valence-corrected chi connectivity index (χ1v) is 7.07. The molecule has 0 saturated heterocycles. The van der Waals surface area contributed by atoms with Gasteiger partial charge in [-0.2, -0.15) is 0 Å². The van der Waals surface area contributed by atoms with Gasteiger partial charge in [0, 0.05) is 16.1 Å². The lowest BCUT2D eigenvalue weighted by atomic mass is 10.1. The standard InChI is InChI=1S/C15H14BrNO4/c1-10-11(3-2-4-15(10)17(19)20)9-21-13-5-6-14(16)12(7-13)8-18/h2-7,18H,8-9H2,1H3. The fourth-order valence-electron chi connectivity index (χ4n) is 1.95. The predicted molar refractivity (Wildman–Crippen MR) is 82.2 cm³/mol. The summed E-state index contributed by atoms with van der Waals surface area (Å²) in [6.45, 7) is 1.85. The highest BCUT2D eigenvalue weighted by atomic mass is 79.9. The van der Waals surface area contributed by atoms with Crippen LogP contribution in [0.4, 0.5) is 5.69 Å². The van der Waals surface area contributed by atoms with Gasteiger partial charge in [0.1, 0.15) is 12.4 Å². The normalized spacial score (nSPS) is 10.4. The Bertz CT molecular complexity index is 673. The monoisotopic (exact) mass is 351 g/mol. The number of ether oxygens (including phenoxy) is 1. The van der Waals surface area contributed by atoms with Crippen LogP contribution in [0.1, 0.15) is 16.7 Å². The Kier molecular flexibility index (Phi) is 4.93. The molecule has 0 bridgehead atoms. The van der Waals surface area contributed by atoms with Crippen molar-refractivity contribution in [2.24, 2.45) is 0 Å². The Morgan fingerprint density at radius 1 is 1.29 bits per heavy atom. The first-order chi connectivity index (χ1) is 10.0. The minimum atomic E-state index is -0.400. The molecule has 0 heterocycles. The first kappa shape index (κ1) is 15.5. The summed E-state index contributed by atoms with van der Waals surface area (Å²) in [5.74, 6) is 0.605. The highest BCUT2D eigenvalue weighted by Crippen LogP contribution is 2.25. The molecule has 0 fully saturated rings. The van der Waals surface area contributed by atoms with E-state index in [1.165, 1.54) is 6.07 Å². The largest absolute Gasteiger partial charge is 0.489 e. The van der Waals surface area contributed by atoms with Gasteiger partial charge in [-0.1, -0.05) is 28.1 Å². The summed E-state index contributed by atoms with van der Waals surface area (Å²) in [6, 6.07) is 10.2. The zero-order valence-corrected chi connectivity index (χ0v) is 13.0. The molecule has 0 aliphatic heterocycles. The summed E-state index contributed by atoms with van der Waals surface area (Å²) < 4.78 is 6.46.